The van der Waals surface area contributed by atoms with E-state index in [4.69, 9.17) is 4.74 Å². The Hall–Kier alpha value is -1.36. The van der Waals surface area contributed by atoms with Crippen molar-refractivity contribution in [2.45, 2.75) is 20.8 Å². The second kappa shape index (κ2) is 11.7. The van der Waals surface area contributed by atoms with E-state index in [9.17, 15) is 9.59 Å². The van der Waals surface area contributed by atoms with Gasteiger partial charge in [0.1, 0.15) is 0 Å². The molecule has 2 N–H and O–H groups in total. The summed E-state index contributed by atoms with van der Waals surface area (Å²) >= 11 is 0. The van der Waals surface area contributed by atoms with Crippen molar-refractivity contribution in [1.29, 1.82) is 0 Å². The van der Waals surface area contributed by atoms with Gasteiger partial charge in [0.25, 0.3) is 0 Å². The average molecular weight is 230 g/mol. The van der Waals surface area contributed by atoms with Gasteiger partial charge < -0.3 is 15.4 Å². The molecule has 0 aromatic heterocycles. The molecule has 0 bridgehead atoms. The first-order valence-corrected chi connectivity index (χ1v) is 5.23. The molecule has 0 unspecified atom stereocenters. The highest BCUT2D eigenvalue weighted by Crippen LogP contribution is 1.82. The van der Waals surface area contributed by atoms with Crippen LogP contribution in [0.5, 0.6) is 0 Å². The van der Waals surface area contributed by atoms with Crippen LogP contribution in [0.4, 0.5) is 0 Å². The SMILES string of the molecule is C=C(C)COC.CC.O=C1CNC(=O)CN1. The highest BCUT2D eigenvalue weighted by molar-refractivity contribution is 5.92. The minimum absolute atomic E-state index is 0.121. The van der Waals surface area contributed by atoms with Gasteiger partial charge in [-0.2, -0.15) is 0 Å². The highest BCUT2D eigenvalue weighted by Gasteiger charge is 2.11. The second-order valence-electron chi connectivity index (χ2n) is 2.94. The number of rotatable bonds is 2. The number of ether oxygens (including phenoxy) is 1. The van der Waals surface area contributed by atoms with Crippen molar-refractivity contribution in [2.24, 2.45) is 0 Å². The number of methoxy groups -OCH3 is 1. The van der Waals surface area contributed by atoms with Gasteiger partial charge in [0.05, 0.1) is 19.7 Å². The van der Waals surface area contributed by atoms with Crippen LogP contribution in [-0.4, -0.2) is 38.6 Å². The van der Waals surface area contributed by atoms with E-state index in [1.165, 1.54) is 0 Å². The van der Waals surface area contributed by atoms with Crippen molar-refractivity contribution in [2.75, 3.05) is 26.8 Å². The summed E-state index contributed by atoms with van der Waals surface area (Å²) < 4.78 is 4.70. The molecule has 0 radical (unpaired) electrons. The van der Waals surface area contributed by atoms with E-state index in [0.717, 1.165) is 5.57 Å². The largest absolute Gasteiger partial charge is 0.380 e. The molecule has 5 heteroatoms. The molecule has 94 valence electrons. The van der Waals surface area contributed by atoms with Crippen LogP contribution in [0.25, 0.3) is 0 Å². The molecule has 1 heterocycles. The number of piperazine rings is 1. The predicted molar refractivity (Wildman–Crippen MR) is 64.1 cm³/mol. The molecule has 0 aliphatic carbocycles. The monoisotopic (exact) mass is 230 g/mol. The summed E-state index contributed by atoms with van der Waals surface area (Å²) in [6.07, 6.45) is 0. The van der Waals surface area contributed by atoms with Crippen molar-refractivity contribution >= 4 is 11.8 Å². The zero-order chi connectivity index (χ0) is 13.0. The first kappa shape index (κ1) is 17.0. The minimum atomic E-state index is -0.121. The molecular formula is C11H22N2O3. The Morgan fingerprint density at radius 3 is 1.75 bits per heavy atom. The minimum Gasteiger partial charge on any atom is -0.380 e. The fourth-order valence-electron chi connectivity index (χ4n) is 0.729. The van der Waals surface area contributed by atoms with Crippen LogP contribution in [0, 0.1) is 0 Å². The van der Waals surface area contributed by atoms with E-state index >= 15 is 0 Å². The van der Waals surface area contributed by atoms with Gasteiger partial charge in [-0.25, -0.2) is 0 Å². The first-order chi connectivity index (χ1) is 7.56. The Morgan fingerprint density at radius 1 is 1.25 bits per heavy atom. The zero-order valence-corrected chi connectivity index (χ0v) is 10.6. The molecule has 0 spiro atoms. The fourth-order valence-corrected chi connectivity index (χ4v) is 0.729. The Bertz CT molecular complexity index is 199. The fraction of sp³-hybridized carbons (Fsp3) is 0.636. The van der Waals surface area contributed by atoms with E-state index in [0.29, 0.717) is 6.61 Å². The highest BCUT2D eigenvalue weighted by atomic mass is 16.5. The van der Waals surface area contributed by atoms with Crippen molar-refractivity contribution < 1.29 is 14.3 Å². The van der Waals surface area contributed by atoms with Gasteiger partial charge in [-0.1, -0.05) is 26.0 Å². The standard InChI is InChI=1S/C5H10O.C4H6N2O2.C2H6/c1-5(2)4-6-3;7-3-1-5-4(8)2-6-3;1-2/h1,4H2,2-3H3;1-2H2,(H,5,8)(H,6,7);1-2H3. The number of nitrogens with one attached hydrogen (secondary N) is 2. The molecular weight excluding hydrogens is 208 g/mol. The van der Waals surface area contributed by atoms with Crippen LogP contribution < -0.4 is 10.6 Å². The molecule has 1 aliphatic heterocycles. The van der Waals surface area contributed by atoms with Crippen LogP contribution in [0.2, 0.25) is 0 Å². The molecule has 0 aromatic carbocycles. The number of amides is 2. The van der Waals surface area contributed by atoms with Crippen LogP contribution in [0.3, 0.4) is 0 Å². The van der Waals surface area contributed by atoms with E-state index in [1.54, 1.807) is 7.11 Å². The Labute approximate surface area is 97.2 Å². The lowest BCUT2D eigenvalue weighted by atomic mass is 10.4. The van der Waals surface area contributed by atoms with Crippen molar-refractivity contribution in [3.8, 4) is 0 Å². The van der Waals surface area contributed by atoms with E-state index in [-0.39, 0.29) is 24.9 Å². The predicted octanol–water partition coefficient (Wildman–Crippen LogP) is 0.468. The lowest BCUT2D eigenvalue weighted by molar-refractivity contribution is -0.130. The summed E-state index contributed by atoms with van der Waals surface area (Å²) in [7, 11) is 1.66. The third-order valence-corrected chi connectivity index (χ3v) is 1.28. The van der Waals surface area contributed by atoms with E-state index in [1.807, 2.05) is 20.8 Å². The van der Waals surface area contributed by atoms with Crippen LogP contribution >= 0.6 is 0 Å². The van der Waals surface area contributed by atoms with Crippen LogP contribution in [0.15, 0.2) is 12.2 Å². The van der Waals surface area contributed by atoms with Gasteiger partial charge in [-0.15, -0.1) is 0 Å². The maximum Gasteiger partial charge on any atom is 0.239 e. The summed E-state index contributed by atoms with van der Waals surface area (Å²) in [6.45, 7) is 10.5. The van der Waals surface area contributed by atoms with E-state index in [2.05, 4.69) is 17.2 Å². The van der Waals surface area contributed by atoms with Gasteiger partial charge >= 0.3 is 0 Å². The Morgan fingerprint density at radius 2 is 1.62 bits per heavy atom. The molecule has 1 rings (SSSR count). The lowest BCUT2D eigenvalue weighted by Crippen LogP contribution is -2.48. The summed E-state index contributed by atoms with van der Waals surface area (Å²) in [5.41, 5.74) is 1.07. The maximum absolute atomic E-state index is 10.3. The topological polar surface area (TPSA) is 67.4 Å². The zero-order valence-electron chi connectivity index (χ0n) is 10.6. The summed E-state index contributed by atoms with van der Waals surface area (Å²) in [5.74, 6) is -0.241. The van der Waals surface area contributed by atoms with Gasteiger partial charge in [-0.3, -0.25) is 9.59 Å². The second-order valence-corrected chi connectivity index (χ2v) is 2.94. The molecule has 1 aliphatic rings. The third-order valence-electron chi connectivity index (χ3n) is 1.28. The van der Waals surface area contributed by atoms with Crippen LogP contribution in [0.1, 0.15) is 20.8 Å². The van der Waals surface area contributed by atoms with Crippen molar-refractivity contribution in [3.05, 3.63) is 12.2 Å². The Balaban J connectivity index is 0. The van der Waals surface area contributed by atoms with E-state index < -0.39 is 0 Å². The molecule has 1 fully saturated rings. The summed E-state index contributed by atoms with van der Waals surface area (Å²) in [5, 5.41) is 4.76. The van der Waals surface area contributed by atoms with Crippen molar-refractivity contribution in [3.63, 3.8) is 0 Å². The van der Waals surface area contributed by atoms with Gasteiger partial charge in [-0.05, 0) is 6.92 Å². The van der Waals surface area contributed by atoms with Crippen LogP contribution in [-0.2, 0) is 14.3 Å². The first-order valence-electron chi connectivity index (χ1n) is 5.23. The summed E-state index contributed by atoms with van der Waals surface area (Å²) in [4.78, 5) is 20.6. The molecule has 16 heavy (non-hydrogen) atoms. The van der Waals surface area contributed by atoms with Gasteiger partial charge in [0.15, 0.2) is 0 Å². The average Bonchev–Trinajstić information content (AvgIpc) is 2.26. The maximum atomic E-state index is 10.3. The molecule has 0 aromatic rings. The molecule has 2 amide bonds. The Kier molecular flexibility index (Phi) is 12.5. The molecule has 1 saturated heterocycles. The van der Waals surface area contributed by atoms with Crippen molar-refractivity contribution in [1.82, 2.24) is 10.6 Å². The number of carbonyl (C=O) groups is 2. The normalized spacial score (nSPS) is 13.2. The lowest BCUT2D eigenvalue weighted by Gasteiger charge is -2.10. The quantitative estimate of drug-likeness (QED) is 0.678. The number of hydrogen-bond donors (Lipinski definition) is 2. The molecule has 0 saturated carbocycles. The molecule has 5 nitrogen and oxygen atoms in total. The number of carbonyl (C=O) groups excluding carboxylic acids is 2. The third kappa shape index (κ3) is 12.6. The smallest absolute Gasteiger partial charge is 0.239 e. The number of hydrogen-bond acceptors (Lipinski definition) is 3. The van der Waals surface area contributed by atoms with Gasteiger partial charge in [0.2, 0.25) is 11.8 Å². The summed E-state index contributed by atoms with van der Waals surface area (Å²) in [6, 6.07) is 0. The molecule has 0 atom stereocenters. The van der Waals surface area contributed by atoms with Gasteiger partial charge in [0, 0.05) is 7.11 Å².